The molecule has 9 heterocycles. The average Bonchev–Trinajstić information content (AvgIpc) is 1.75. The molecule has 492 valence electrons. The van der Waals surface area contributed by atoms with Gasteiger partial charge in [0.2, 0.25) is 17.7 Å². The molecule has 9 atom stereocenters. The zero-order valence-corrected chi connectivity index (χ0v) is 57.5. The number of hydrogen-bond donors (Lipinski definition) is 7. The van der Waals surface area contributed by atoms with Crippen LogP contribution in [0.4, 0.5) is 30.2 Å². The molecule has 3 fully saturated rings. The van der Waals surface area contributed by atoms with Gasteiger partial charge < -0.3 is 20.9 Å². The SMILES string of the molecule is C=S1(=O)N[C@@H](c2cc(-c3cn(C)nc3C)cs2)C[C@@H](C(=O)Nc2ccc(F)c(Cl)c2)N1C.C=S1(=O)N[C@@H](c2ccc(-c3cnc[nH]3)s2)C[C@@H](C(=O)Nc2ccc(F)c(Cl)c2)N1C.C=S1(=O)N[C@@H](c2ccc(-c3ncn(C)n3)s2)C[C@@H](C(=O)Nc2ccc(F)c(Cl)c2)N1C. The summed E-state index contributed by atoms with van der Waals surface area (Å²) in [6.07, 6.45) is 8.03. The number of H-pyrrole nitrogens is 1. The number of aryl methyl sites for hydroxylation is 3. The Bertz CT molecular complexity index is 4620. The van der Waals surface area contributed by atoms with Gasteiger partial charge in [-0.05, 0) is 140 Å². The van der Waals surface area contributed by atoms with Crippen molar-refractivity contribution in [1.82, 2.24) is 61.6 Å². The molecule has 34 heteroatoms. The van der Waals surface area contributed by atoms with Gasteiger partial charge in [-0.2, -0.15) is 10.2 Å². The maximum atomic E-state index is 13.4. The molecule has 0 aliphatic carbocycles. The standard InChI is InChI=1S/C21H23ClFN5O2S2.C19H20ClFN6O2S2.C19H19ClFN5O2S2/c1-12-15(10-27(2)25-12)13-7-20(31-11-13)18-9-19(28(3)32(4,30)26-18)21(29)24-14-5-6-17(23)16(22)8-14;1-26-10-22-18(24-26)17-7-6-16(30-17)14-9-15(27(2)31(3,29)25-14)19(28)23-11-4-5-13(21)12(20)8-11;1-26-16(19(27)24-11-3-4-13(21)12(20)7-11)8-14(25-30(26,2)28)17-5-6-18(29-17)15-9-22-10-23-15/h5-8,10-11,18-19H,4,9H2,1-3H3,(H,24,29)(H,26,30);4-8,10,14-15H,3,9H2,1-2H3,(H,23,28)(H,25,29);3-7,9-10,14,16H,2,8H2,1H3,(H,22,23)(H,24,27)(H,25,28)/t18-,19+,32?;14-,15+,31?;14-,16+,30?/m111/s1. The molecule has 7 N–H and O–H groups in total. The Hall–Kier alpha value is -6.79. The summed E-state index contributed by atoms with van der Waals surface area (Å²) in [6.45, 7) is 1.95. The van der Waals surface area contributed by atoms with Crippen molar-refractivity contribution in [2.45, 2.75) is 62.4 Å². The van der Waals surface area contributed by atoms with Gasteiger partial charge in [0.1, 0.15) is 41.9 Å². The highest BCUT2D eigenvalue weighted by molar-refractivity contribution is 7.97. The third-order valence-corrected chi connectivity index (χ3v) is 25.2. The predicted octanol–water partition coefficient (Wildman–Crippen LogP) is 10.1. The molecule has 3 aliphatic rings. The highest BCUT2D eigenvalue weighted by Crippen LogP contribution is 2.39. The predicted molar refractivity (Wildman–Crippen MR) is 370 cm³/mol. The minimum Gasteiger partial charge on any atom is -0.344 e. The minimum absolute atomic E-state index is 0.0860. The molecular weight excluding hydrogens is 1380 g/mol. The van der Waals surface area contributed by atoms with Gasteiger partial charge in [-0.3, -0.25) is 23.7 Å². The second-order valence-corrected chi connectivity index (χ2v) is 32.5. The number of nitrogens with one attached hydrogen (secondary N) is 7. The fourth-order valence-electron chi connectivity index (χ4n) is 10.3. The van der Waals surface area contributed by atoms with Crippen LogP contribution in [0, 0.1) is 24.4 Å². The number of imidazole rings is 1. The summed E-state index contributed by atoms with van der Waals surface area (Å²) in [6, 6.07) is 18.4. The van der Waals surface area contributed by atoms with Crippen molar-refractivity contribution in [3.8, 4) is 32.4 Å². The Morgan fingerprint density at radius 3 is 1.41 bits per heavy atom. The molecule has 3 saturated heterocycles. The van der Waals surface area contributed by atoms with Crippen molar-refractivity contribution in [2.24, 2.45) is 14.1 Å². The summed E-state index contributed by atoms with van der Waals surface area (Å²) in [5.74, 6) is 9.18. The molecular formula is C59H62Cl3F3N16O6S6. The Labute approximate surface area is 562 Å². The number of carbonyl (C=O) groups excluding carboxylic acids is 3. The third kappa shape index (κ3) is 16.0. The molecule has 22 nitrogen and oxygen atoms in total. The van der Waals surface area contributed by atoms with Crippen molar-refractivity contribution >= 4 is 151 Å². The van der Waals surface area contributed by atoms with Gasteiger partial charge in [-0.25, -0.2) is 62.8 Å². The minimum atomic E-state index is -2.90. The Balaban J connectivity index is 0.000000153. The molecule has 6 aromatic heterocycles. The first kappa shape index (κ1) is 69.1. The van der Waals surface area contributed by atoms with Gasteiger partial charge in [0.15, 0.2) is 5.82 Å². The van der Waals surface area contributed by atoms with Crippen LogP contribution in [0.2, 0.25) is 15.1 Å². The smallest absolute Gasteiger partial charge is 0.242 e. The average molecular weight is 1450 g/mol. The van der Waals surface area contributed by atoms with Gasteiger partial charge in [-0.15, -0.1) is 34.0 Å². The summed E-state index contributed by atoms with van der Waals surface area (Å²) in [4.78, 5) is 54.9. The second-order valence-electron chi connectivity index (χ2n) is 21.8. The number of halogens is 6. The monoisotopic (exact) mass is 1440 g/mol. The molecule has 3 aromatic carbocycles. The third-order valence-electron chi connectivity index (χ3n) is 15.3. The van der Waals surface area contributed by atoms with E-state index in [4.69, 9.17) is 34.8 Å². The van der Waals surface area contributed by atoms with Gasteiger partial charge in [-0.1, -0.05) is 34.8 Å². The number of carbonyl (C=O) groups is 3. The van der Waals surface area contributed by atoms with Crippen molar-refractivity contribution in [3.63, 3.8) is 0 Å². The van der Waals surface area contributed by atoms with E-state index in [1.165, 1.54) is 102 Å². The largest absolute Gasteiger partial charge is 0.344 e. The fraction of sp³-hybridized carbons (Fsp3) is 0.254. The van der Waals surface area contributed by atoms with E-state index in [-0.39, 0.29) is 50.9 Å². The van der Waals surface area contributed by atoms with E-state index in [0.29, 0.717) is 42.1 Å². The topological polar surface area (TPSA) is 262 Å². The lowest BCUT2D eigenvalue weighted by atomic mass is 10.0. The summed E-state index contributed by atoms with van der Waals surface area (Å²) < 4.78 is 96.4. The van der Waals surface area contributed by atoms with Crippen LogP contribution >= 0.6 is 68.8 Å². The molecule has 93 heavy (non-hydrogen) atoms. The highest BCUT2D eigenvalue weighted by Gasteiger charge is 2.41. The van der Waals surface area contributed by atoms with Gasteiger partial charge >= 0.3 is 0 Å². The molecule has 3 unspecified atom stereocenters. The van der Waals surface area contributed by atoms with Crippen LogP contribution < -0.4 is 30.1 Å². The maximum absolute atomic E-state index is 13.4. The number of aromatic nitrogens is 7. The summed E-state index contributed by atoms with van der Waals surface area (Å²) in [5, 5.41) is 18.6. The first-order chi connectivity index (χ1) is 43.9. The lowest BCUT2D eigenvalue weighted by Crippen LogP contribution is -2.55. The van der Waals surface area contributed by atoms with Crippen LogP contribution in [-0.4, -0.2) is 135 Å². The van der Waals surface area contributed by atoms with E-state index in [2.05, 4.69) is 72.9 Å². The van der Waals surface area contributed by atoms with Crippen molar-refractivity contribution in [3.05, 3.63) is 168 Å². The Morgan fingerprint density at radius 2 is 1.02 bits per heavy atom. The van der Waals surface area contributed by atoms with Crippen LogP contribution in [0.1, 0.15) is 57.7 Å². The zero-order valence-electron chi connectivity index (χ0n) is 50.4. The summed E-state index contributed by atoms with van der Waals surface area (Å²) in [7, 11) is -0.249. The Morgan fingerprint density at radius 1 is 0.591 bits per heavy atom. The number of anilines is 3. The normalized spacial score (nSPS) is 24.3. The number of nitrogens with zero attached hydrogens (tertiary/aromatic N) is 9. The number of likely N-dealkylation sites (N-methyl/N-ethyl adjacent to an activating group) is 3. The first-order valence-electron chi connectivity index (χ1n) is 28.0. The van der Waals surface area contributed by atoms with Gasteiger partial charge in [0.05, 0.1) is 96.5 Å². The van der Waals surface area contributed by atoms with Crippen LogP contribution in [-0.2, 0) is 58.2 Å². The van der Waals surface area contributed by atoms with E-state index in [1.54, 1.807) is 56.4 Å². The molecule has 0 bridgehead atoms. The summed E-state index contributed by atoms with van der Waals surface area (Å²) >= 11 is 21.9. The number of rotatable bonds is 12. The molecule has 0 spiro atoms. The van der Waals surface area contributed by atoms with Crippen LogP contribution in [0.25, 0.3) is 32.4 Å². The quantitative estimate of drug-likeness (QED) is 0.0569. The highest BCUT2D eigenvalue weighted by atomic mass is 35.5. The number of thiophene rings is 3. The van der Waals surface area contributed by atoms with Crippen molar-refractivity contribution in [2.75, 3.05) is 37.1 Å². The fourth-order valence-corrected chi connectivity index (χ4v) is 18.3. The molecule has 0 saturated carbocycles. The number of aromatic amines is 1. The van der Waals surface area contributed by atoms with Crippen LogP contribution in [0.5, 0.6) is 0 Å². The van der Waals surface area contributed by atoms with Crippen LogP contribution in [0.15, 0.2) is 115 Å². The molecule has 0 radical (unpaired) electrons. The lowest BCUT2D eigenvalue weighted by molar-refractivity contribution is -0.120. The van der Waals surface area contributed by atoms with E-state index < -0.39 is 65.3 Å². The van der Waals surface area contributed by atoms with Crippen molar-refractivity contribution in [1.29, 1.82) is 0 Å². The molecule has 9 aromatic rings. The number of benzene rings is 3. The Kier molecular flexibility index (Phi) is 21.0. The summed E-state index contributed by atoms with van der Waals surface area (Å²) in [5.41, 5.74) is 4.94. The zero-order chi connectivity index (χ0) is 67.0. The molecule has 3 amide bonds. The lowest BCUT2D eigenvalue weighted by Gasteiger charge is -2.39. The maximum Gasteiger partial charge on any atom is 0.242 e. The molecule has 3 aliphatic heterocycles. The number of amides is 3. The van der Waals surface area contributed by atoms with E-state index in [0.717, 1.165) is 46.9 Å². The first-order valence-corrected chi connectivity index (χ1v) is 36.7. The van der Waals surface area contributed by atoms with E-state index in [1.807, 2.05) is 55.9 Å². The van der Waals surface area contributed by atoms with Crippen LogP contribution in [0.3, 0.4) is 0 Å². The number of hydrogen-bond acceptors (Lipinski definition) is 13. The van der Waals surface area contributed by atoms with Gasteiger partial charge in [0, 0.05) is 78.7 Å². The van der Waals surface area contributed by atoms with E-state index in [9.17, 15) is 40.2 Å². The van der Waals surface area contributed by atoms with Gasteiger partial charge in [0.25, 0.3) is 0 Å². The second kappa shape index (κ2) is 28.3. The van der Waals surface area contributed by atoms with Crippen molar-refractivity contribution < 1.29 is 40.2 Å². The van der Waals surface area contributed by atoms with E-state index >= 15 is 0 Å². The molecule has 12 rings (SSSR count).